The van der Waals surface area contributed by atoms with Crippen molar-refractivity contribution >= 4 is 0 Å². The van der Waals surface area contributed by atoms with E-state index in [0.717, 1.165) is 32.5 Å². The fraction of sp³-hybridized carbons (Fsp3) is 1.00. The molecular weight excluding hydrogens is 138 g/mol. The van der Waals surface area contributed by atoms with Crippen molar-refractivity contribution in [3.8, 4) is 0 Å². The number of nitrogens with two attached hydrogens (primary N) is 2. The molecule has 2 unspecified atom stereocenters. The van der Waals surface area contributed by atoms with Gasteiger partial charge in [0.15, 0.2) is 0 Å². The predicted molar refractivity (Wildman–Crippen MR) is 47.3 cm³/mol. The van der Waals surface area contributed by atoms with Crippen molar-refractivity contribution in [1.82, 2.24) is 4.90 Å². The Morgan fingerprint density at radius 1 is 1.64 bits per heavy atom. The van der Waals surface area contributed by atoms with Crippen molar-refractivity contribution in [2.75, 3.05) is 19.6 Å². The van der Waals surface area contributed by atoms with Gasteiger partial charge in [0.05, 0.1) is 0 Å². The highest BCUT2D eigenvalue weighted by molar-refractivity contribution is 4.81. The summed E-state index contributed by atoms with van der Waals surface area (Å²) in [6, 6.07) is 1.02. The highest BCUT2D eigenvalue weighted by Crippen LogP contribution is 2.12. The Labute approximate surface area is 68.7 Å². The third-order valence-corrected chi connectivity index (χ3v) is 2.46. The Morgan fingerprint density at radius 3 is 2.82 bits per heavy atom. The largest absolute Gasteiger partial charge is 0.330 e. The van der Waals surface area contributed by atoms with Crippen LogP contribution in [0.1, 0.15) is 19.8 Å². The standard InChI is InChI=1S/C8H19N3/c1-7(2-4-9)11-5-3-8(10)6-11/h7-8H,2-6,9-10H2,1H3. The molecule has 1 saturated heterocycles. The molecule has 4 N–H and O–H groups in total. The second-order valence-electron chi connectivity index (χ2n) is 3.47. The first-order chi connectivity index (χ1) is 5.24. The van der Waals surface area contributed by atoms with Crippen LogP contribution in [0, 0.1) is 0 Å². The van der Waals surface area contributed by atoms with Crippen molar-refractivity contribution in [2.24, 2.45) is 11.5 Å². The molecule has 0 saturated carbocycles. The van der Waals surface area contributed by atoms with E-state index in [0.29, 0.717) is 12.1 Å². The fourth-order valence-corrected chi connectivity index (χ4v) is 1.64. The van der Waals surface area contributed by atoms with Crippen LogP contribution in [0.5, 0.6) is 0 Å². The second-order valence-corrected chi connectivity index (χ2v) is 3.47. The fourth-order valence-electron chi connectivity index (χ4n) is 1.64. The highest BCUT2D eigenvalue weighted by Gasteiger charge is 2.22. The zero-order chi connectivity index (χ0) is 8.27. The van der Waals surface area contributed by atoms with Crippen molar-refractivity contribution in [2.45, 2.75) is 31.8 Å². The molecule has 0 radical (unpaired) electrons. The van der Waals surface area contributed by atoms with Gasteiger partial charge in [0, 0.05) is 18.6 Å². The molecule has 1 fully saturated rings. The first-order valence-corrected chi connectivity index (χ1v) is 4.43. The molecule has 0 amide bonds. The Kier molecular flexibility index (Phi) is 3.30. The molecular formula is C8H19N3. The summed E-state index contributed by atoms with van der Waals surface area (Å²) in [5.74, 6) is 0. The summed E-state index contributed by atoms with van der Waals surface area (Å²) in [6.07, 6.45) is 2.24. The maximum Gasteiger partial charge on any atom is 0.0180 e. The monoisotopic (exact) mass is 157 g/mol. The van der Waals surface area contributed by atoms with Gasteiger partial charge in [-0.15, -0.1) is 0 Å². The average molecular weight is 157 g/mol. The first kappa shape index (κ1) is 8.97. The van der Waals surface area contributed by atoms with Crippen LogP contribution in [0.15, 0.2) is 0 Å². The molecule has 0 spiro atoms. The van der Waals surface area contributed by atoms with Gasteiger partial charge in [-0.25, -0.2) is 0 Å². The minimum atomic E-state index is 0.398. The van der Waals surface area contributed by atoms with Crippen LogP contribution >= 0.6 is 0 Å². The van der Waals surface area contributed by atoms with E-state index in [1.165, 1.54) is 0 Å². The van der Waals surface area contributed by atoms with E-state index in [1.54, 1.807) is 0 Å². The number of rotatable bonds is 3. The van der Waals surface area contributed by atoms with Crippen LogP contribution in [0.2, 0.25) is 0 Å². The molecule has 0 aromatic heterocycles. The smallest absolute Gasteiger partial charge is 0.0180 e. The van der Waals surface area contributed by atoms with E-state index in [9.17, 15) is 0 Å². The predicted octanol–water partition coefficient (Wildman–Crippen LogP) is -0.243. The van der Waals surface area contributed by atoms with Crippen molar-refractivity contribution in [3.63, 3.8) is 0 Å². The topological polar surface area (TPSA) is 55.3 Å². The zero-order valence-corrected chi connectivity index (χ0v) is 7.29. The molecule has 1 aliphatic heterocycles. The molecule has 0 bridgehead atoms. The average Bonchev–Trinajstić information content (AvgIpc) is 2.36. The van der Waals surface area contributed by atoms with Gasteiger partial charge in [-0.05, 0) is 32.9 Å². The minimum absolute atomic E-state index is 0.398. The lowest BCUT2D eigenvalue weighted by atomic mass is 10.2. The summed E-state index contributed by atoms with van der Waals surface area (Å²) in [5.41, 5.74) is 11.3. The summed E-state index contributed by atoms with van der Waals surface area (Å²) in [7, 11) is 0. The number of hydrogen-bond acceptors (Lipinski definition) is 3. The quantitative estimate of drug-likeness (QED) is 0.594. The summed E-state index contributed by atoms with van der Waals surface area (Å²) >= 11 is 0. The summed E-state index contributed by atoms with van der Waals surface area (Å²) in [4.78, 5) is 2.43. The molecule has 0 aromatic rings. The van der Waals surface area contributed by atoms with Gasteiger partial charge < -0.3 is 11.5 Å². The van der Waals surface area contributed by atoms with Gasteiger partial charge in [-0.1, -0.05) is 0 Å². The van der Waals surface area contributed by atoms with Gasteiger partial charge in [0.1, 0.15) is 0 Å². The number of nitrogens with zero attached hydrogens (tertiary/aromatic N) is 1. The molecule has 3 heteroatoms. The van der Waals surface area contributed by atoms with E-state index in [1.807, 2.05) is 0 Å². The molecule has 0 aliphatic carbocycles. The van der Waals surface area contributed by atoms with Gasteiger partial charge in [-0.2, -0.15) is 0 Å². The molecule has 3 nitrogen and oxygen atoms in total. The molecule has 11 heavy (non-hydrogen) atoms. The van der Waals surface area contributed by atoms with Crippen LogP contribution in [0.4, 0.5) is 0 Å². The van der Waals surface area contributed by atoms with Crippen LogP contribution in [-0.4, -0.2) is 36.6 Å². The van der Waals surface area contributed by atoms with Gasteiger partial charge in [0.2, 0.25) is 0 Å². The summed E-state index contributed by atoms with van der Waals surface area (Å²) in [6.45, 7) is 5.22. The second kappa shape index (κ2) is 4.04. The van der Waals surface area contributed by atoms with E-state index in [-0.39, 0.29) is 0 Å². The lowest BCUT2D eigenvalue weighted by Gasteiger charge is -2.23. The molecule has 1 rings (SSSR count). The summed E-state index contributed by atoms with van der Waals surface area (Å²) < 4.78 is 0. The zero-order valence-electron chi connectivity index (χ0n) is 7.29. The maximum absolute atomic E-state index is 5.79. The minimum Gasteiger partial charge on any atom is -0.330 e. The molecule has 1 heterocycles. The number of likely N-dealkylation sites (tertiary alicyclic amines) is 1. The van der Waals surface area contributed by atoms with Crippen LogP contribution < -0.4 is 11.5 Å². The third-order valence-electron chi connectivity index (χ3n) is 2.46. The van der Waals surface area contributed by atoms with Crippen molar-refractivity contribution in [3.05, 3.63) is 0 Å². The molecule has 2 atom stereocenters. The molecule has 0 aromatic carbocycles. The SMILES string of the molecule is CC(CCN)N1CCC(N)C1. The normalized spacial score (nSPS) is 29.2. The van der Waals surface area contributed by atoms with E-state index in [2.05, 4.69) is 11.8 Å². The highest BCUT2D eigenvalue weighted by atomic mass is 15.2. The Hall–Kier alpha value is -0.120. The van der Waals surface area contributed by atoms with E-state index >= 15 is 0 Å². The lowest BCUT2D eigenvalue weighted by molar-refractivity contribution is 0.247. The van der Waals surface area contributed by atoms with Gasteiger partial charge >= 0.3 is 0 Å². The van der Waals surface area contributed by atoms with Gasteiger partial charge in [-0.3, -0.25) is 4.90 Å². The lowest BCUT2D eigenvalue weighted by Crippen LogP contribution is -2.34. The van der Waals surface area contributed by atoms with Crippen LogP contribution in [0.25, 0.3) is 0 Å². The molecule has 66 valence electrons. The Bertz CT molecular complexity index is 116. The van der Waals surface area contributed by atoms with Crippen LogP contribution in [0.3, 0.4) is 0 Å². The van der Waals surface area contributed by atoms with Crippen LogP contribution in [-0.2, 0) is 0 Å². The Morgan fingerprint density at radius 2 is 2.36 bits per heavy atom. The third kappa shape index (κ3) is 2.43. The van der Waals surface area contributed by atoms with Crippen molar-refractivity contribution in [1.29, 1.82) is 0 Å². The van der Waals surface area contributed by atoms with E-state index < -0.39 is 0 Å². The Balaban J connectivity index is 2.25. The van der Waals surface area contributed by atoms with Gasteiger partial charge in [0.25, 0.3) is 0 Å². The maximum atomic E-state index is 5.79. The summed E-state index contributed by atoms with van der Waals surface area (Å²) in [5, 5.41) is 0. The van der Waals surface area contributed by atoms with E-state index in [4.69, 9.17) is 11.5 Å². The molecule has 1 aliphatic rings. The van der Waals surface area contributed by atoms with Crippen molar-refractivity contribution < 1.29 is 0 Å². The number of hydrogen-bond donors (Lipinski definition) is 2. The first-order valence-electron chi connectivity index (χ1n) is 4.43.